The molecule has 1 unspecified atom stereocenters. The highest BCUT2D eigenvalue weighted by Crippen LogP contribution is 2.11. The second-order valence-corrected chi connectivity index (χ2v) is 7.81. The van der Waals surface area contributed by atoms with Gasteiger partial charge in [-0.1, -0.05) is 64.0 Å². The number of unbranched alkanes of at least 4 members (excludes halogenated alkanes) is 8. The molecule has 0 radical (unpaired) electrons. The zero-order valence-electron chi connectivity index (χ0n) is 18.3. The predicted molar refractivity (Wildman–Crippen MR) is 113 cm³/mol. The SMILES string of the molecule is CCCCCC[C@@H](O)C/C=C\CCCCCCCC(=O)OCC1COCCOO1. The minimum Gasteiger partial charge on any atom is -0.463 e. The third-order valence-electron chi connectivity index (χ3n) is 4.97. The van der Waals surface area contributed by atoms with E-state index in [1.165, 1.54) is 25.7 Å². The van der Waals surface area contributed by atoms with Crippen LogP contribution in [-0.4, -0.2) is 49.7 Å². The maximum Gasteiger partial charge on any atom is 0.305 e. The van der Waals surface area contributed by atoms with E-state index in [-0.39, 0.29) is 24.8 Å². The first-order valence-electron chi connectivity index (χ1n) is 11.6. The number of carbonyl (C=O) groups excluding carboxylic acids is 1. The number of aliphatic hydroxyl groups excluding tert-OH is 1. The topological polar surface area (TPSA) is 74.2 Å². The number of hydrogen-bond donors (Lipinski definition) is 1. The van der Waals surface area contributed by atoms with Crippen LogP contribution in [0.25, 0.3) is 0 Å². The zero-order chi connectivity index (χ0) is 21.0. The Bertz CT molecular complexity index is 404. The first-order valence-corrected chi connectivity index (χ1v) is 11.6. The molecule has 0 aromatic heterocycles. The van der Waals surface area contributed by atoms with E-state index in [4.69, 9.17) is 19.2 Å². The molecule has 0 amide bonds. The molecular formula is C23H42O6. The van der Waals surface area contributed by atoms with Crippen molar-refractivity contribution in [2.24, 2.45) is 0 Å². The third kappa shape index (κ3) is 16.5. The average molecular weight is 415 g/mol. The molecule has 1 fully saturated rings. The molecule has 1 heterocycles. The molecule has 6 heteroatoms. The highest BCUT2D eigenvalue weighted by Gasteiger charge is 2.16. The molecule has 170 valence electrons. The first-order chi connectivity index (χ1) is 14.2. The number of ether oxygens (including phenoxy) is 2. The minimum atomic E-state index is -0.336. The Labute approximate surface area is 176 Å². The van der Waals surface area contributed by atoms with Crippen molar-refractivity contribution in [3.8, 4) is 0 Å². The number of esters is 1. The van der Waals surface area contributed by atoms with Crippen LogP contribution in [0.2, 0.25) is 0 Å². The van der Waals surface area contributed by atoms with Crippen LogP contribution in [0.3, 0.4) is 0 Å². The smallest absolute Gasteiger partial charge is 0.305 e. The van der Waals surface area contributed by atoms with Crippen LogP contribution in [0.15, 0.2) is 12.2 Å². The Hall–Kier alpha value is -0.950. The summed E-state index contributed by atoms with van der Waals surface area (Å²) in [5, 5.41) is 9.91. The molecule has 1 saturated heterocycles. The Kier molecular flexibility index (Phi) is 17.1. The van der Waals surface area contributed by atoms with Gasteiger partial charge in [-0.15, -0.1) is 0 Å². The van der Waals surface area contributed by atoms with Crippen molar-refractivity contribution >= 4 is 5.97 Å². The van der Waals surface area contributed by atoms with E-state index >= 15 is 0 Å². The van der Waals surface area contributed by atoms with Crippen molar-refractivity contribution in [1.82, 2.24) is 0 Å². The normalized spacial score (nSPS) is 18.6. The standard InChI is InChI=1S/C23H42O6/c1-2-3-4-11-14-21(24)15-12-9-7-5-6-8-10-13-16-23(25)27-20-22-19-26-17-18-28-29-22/h9,12,21-22,24H,2-8,10-11,13-20H2,1H3/b12-9-/t21-,22?/m1/s1. The van der Waals surface area contributed by atoms with Gasteiger partial charge in [0.1, 0.15) is 13.2 Å². The summed E-state index contributed by atoms with van der Waals surface area (Å²) < 4.78 is 10.5. The van der Waals surface area contributed by atoms with E-state index in [0.717, 1.165) is 51.4 Å². The van der Waals surface area contributed by atoms with Gasteiger partial charge in [-0.2, -0.15) is 0 Å². The fraction of sp³-hybridized carbons (Fsp3) is 0.870. The van der Waals surface area contributed by atoms with Crippen molar-refractivity contribution < 1.29 is 29.1 Å². The van der Waals surface area contributed by atoms with Gasteiger partial charge >= 0.3 is 5.97 Å². The van der Waals surface area contributed by atoms with E-state index in [0.29, 0.717) is 26.2 Å². The molecule has 1 rings (SSSR count). The van der Waals surface area contributed by atoms with E-state index in [9.17, 15) is 9.90 Å². The van der Waals surface area contributed by atoms with Gasteiger partial charge in [0.05, 0.1) is 19.3 Å². The molecule has 1 N–H and O–H groups in total. The molecule has 0 spiro atoms. The van der Waals surface area contributed by atoms with Crippen molar-refractivity contribution in [3.05, 3.63) is 12.2 Å². The largest absolute Gasteiger partial charge is 0.463 e. The molecule has 0 aromatic carbocycles. The van der Waals surface area contributed by atoms with Crippen molar-refractivity contribution in [2.45, 2.75) is 103 Å². The highest BCUT2D eigenvalue weighted by atomic mass is 17.2. The Morgan fingerprint density at radius 2 is 1.86 bits per heavy atom. The van der Waals surface area contributed by atoms with Crippen LogP contribution in [0.5, 0.6) is 0 Å². The second-order valence-electron chi connectivity index (χ2n) is 7.81. The lowest BCUT2D eigenvalue weighted by Gasteiger charge is -2.12. The van der Waals surface area contributed by atoms with Crippen LogP contribution in [0, 0.1) is 0 Å². The van der Waals surface area contributed by atoms with Crippen LogP contribution >= 0.6 is 0 Å². The van der Waals surface area contributed by atoms with Crippen molar-refractivity contribution in [1.29, 1.82) is 0 Å². The van der Waals surface area contributed by atoms with E-state index in [1.807, 2.05) is 0 Å². The van der Waals surface area contributed by atoms with Gasteiger partial charge in [0.15, 0.2) is 6.10 Å². The molecule has 0 aliphatic carbocycles. The number of carbonyl (C=O) groups is 1. The molecule has 29 heavy (non-hydrogen) atoms. The van der Waals surface area contributed by atoms with Gasteiger partial charge in [-0.05, 0) is 32.1 Å². The lowest BCUT2D eigenvalue weighted by molar-refractivity contribution is -0.319. The fourth-order valence-electron chi connectivity index (χ4n) is 3.17. The van der Waals surface area contributed by atoms with Gasteiger partial charge in [0.25, 0.3) is 0 Å². The Morgan fingerprint density at radius 3 is 2.72 bits per heavy atom. The lowest BCUT2D eigenvalue weighted by atomic mass is 10.1. The van der Waals surface area contributed by atoms with Crippen molar-refractivity contribution in [2.75, 3.05) is 26.4 Å². The summed E-state index contributed by atoms with van der Waals surface area (Å²) in [5.41, 5.74) is 0. The van der Waals surface area contributed by atoms with Gasteiger partial charge in [-0.25, -0.2) is 9.78 Å². The van der Waals surface area contributed by atoms with E-state index < -0.39 is 0 Å². The van der Waals surface area contributed by atoms with Gasteiger partial charge < -0.3 is 14.6 Å². The molecule has 1 aliphatic rings. The summed E-state index contributed by atoms with van der Waals surface area (Å²) in [6.07, 6.45) is 17.2. The summed E-state index contributed by atoms with van der Waals surface area (Å²) in [5.74, 6) is -0.186. The van der Waals surface area contributed by atoms with Gasteiger partial charge in [0, 0.05) is 6.42 Å². The highest BCUT2D eigenvalue weighted by molar-refractivity contribution is 5.69. The monoisotopic (exact) mass is 414 g/mol. The molecule has 1 aliphatic heterocycles. The maximum absolute atomic E-state index is 11.7. The predicted octanol–water partition coefficient (Wildman–Crippen LogP) is 4.88. The quantitative estimate of drug-likeness (QED) is 0.158. The summed E-state index contributed by atoms with van der Waals surface area (Å²) in [6, 6.07) is 0. The van der Waals surface area contributed by atoms with Gasteiger partial charge in [-0.3, -0.25) is 4.79 Å². The van der Waals surface area contributed by atoms with E-state index in [2.05, 4.69) is 19.1 Å². The molecular weight excluding hydrogens is 372 g/mol. The van der Waals surface area contributed by atoms with Crippen LogP contribution in [0.4, 0.5) is 0 Å². The van der Waals surface area contributed by atoms with Crippen LogP contribution < -0.4 is 0 Å². The average Bonchev–Trinajstić information content (AvgIpc) is 3.00. The number of aliphatic hydroxyl groups is 1. The maximum atomic E-state index is 11.7. The van der Waals surface area contributed by atoms with Crippen LogP contribution in [-0.2, 0) is 24.0 Å². The number of rotatable bonds is 17. The lowest BCUT2D eigenvalue weighted by Crippen LogP contribution is -2.25. The molecule has 6 nitrogen and oxygen atoms in total. The Morgan fingerprint density at radius 1 is 1.07 bits per heavy atom. The van der Waals surface area contributed by atoms with Crippen LogP contribution in [0.1, 0.15) is 90.4 Å². The zero-order valence-corrected chi connectivity index (χ0v) is 18.3. The number of hydrogen-bond acceptors (Lipinski definition) is 6. The third-order valence-corrected chi connectivity index (χ3v) is 4.97. The minimum absolute atomic E-state index is 0.179. The fourth-order valence-corrected chi connectivity index (χ4v) is 3.17. The molecule has 0 aromatic rings. The van der Waals surface area contributed by atoms with Crippen molar-refractivity contribution in [3.63, 3.8) is 0 Å². The summed E-state index contributed by atoms with van der Waals surface area (Å²) in [4.78, 5) is 21.7. The Balaban J connectivity index is 1.85. The summed E-state index contributed by atoms with van der Waals surface area (Å²) in [6.45, 7) is 3.68. The number of allylic oxidation sites excluding steroid dienone is 1. The van der Waals surface area contributed by atoms with Gasteiger partial charge in [0.2, 0.25) is 0 Å². The first kappa shape index (κ1) is 26.1. The summed E-state index contributed by atoms with van der Waals surface area (Å²) >= 11 is 0. The molecule has 2 atom stereocenters. The molecule has 0 bridgehead atoms. The second kappa shape index (κ2) is 19.0. The summed E-state index contributed by atoms with van der Waals surface area (Å²) in [7, 11) is 0. The van der Waals surface area contributed by atoms with E-state index in [1.54, 1.807) is 0 Å². The molecule has 0 saturated carbocycles.